The van der Waals surface area contributed by atoms with Gasteiger partial charge in [0.1, 0.15) is 5.01 Å². The van der Waals surface area contributed by atoms with Crippen molar-refractivity contribution >= 4 is 11.3 Å². The second-order valence-corrected chi connectivity index (χ2v) is 6.31. The van der Waals surface area contributed by atoms with E-state index in [0.717, 1.165) is 32.6 Å². The molecule has 0 spiro atoms. The van der Waals surface area contributed by atoms with Gasteiger partial charge in [-0.1, -0.05) is 20.8 Å². The Bertz CT molecular complexity index is 400. The molecule has 1 N–H and O–H groups in total. The molecule has 2 rings (SSSR count). The molecule has 0 bridgehead atoms. The Morgan fingerprint density at radius 1 is 1.50 bits per heavy atom. The van der Waals surface area contributed by atoms with E-state index in [-0.39, 0.29) is 5.54 Å². The highest BCUT2D eigenvalue weighted by Crippen LogP contribution is 2.39. The Kier molecular flexibility index (Phi) is 4.41. The van der Waals surface area contributed by atoms with Gasteiger partial charge in [0, 0.05) is 17.4 Å². The fourth-order valence-corrected chi connectivity index (χ4v) is 4.11. The summed E-state index contributed by atoms with van der Waals surface area (Å²) < 4.78 is 5.61. The van der Waals surface area contributed by atoms with Crippen molar-refractivity contribution in [1.29, 1.82) is 0 Å². The molecule has 0 saturated carbocycles. The van der Waals surface area contributed by atoms with Crippen LogP contribution in [0.15, 0.2) is 0 Å². The Labute approximate surface area is 114 Å². The second-order valence-electron chi connectivity index (χ2n) is 5.10. The van der Waals surface area contributed by atoms with Crippen molar-refractivity contribution in [2.24, 2.45) is 5.92 Å². The maximum absolute atomic E-state index is 5.61. The van der Waals surface area contributed by atoms with Crippen molar-refractivity contribution in [3.63, 3.8) is 0 Å². The average Bonchev–Trinajstić information content (AvgIpc) is 2.74. The lowest BCUT2D eigenvalue weighted by Gasteiger charge is -2.41. The standard InChI is InChI=1S/C14H24N2OS/c1-5-12-11(4)18-13(16-12)14(15-6-2)7-8-17-9-10(14)3/h10,15H,5-9H2,1-4H3. The van der Waals surface area contributed by atoms with Gasteiger partial charge >= 0.3 is 0 Å². The average molecular weight is 268 g/mol. The van der Waals surface area contributed by atoms with Gasteiger partial charge in [-0.25, -0.2) is 4.98 Å². The SMILES string of the molecule is CCNC1(c2nc(CC)c(C)s2)CCOCC1C. The van der Waals surface area contributed by atoms with Gasteiger partial charge in [-0.3, -0.25) is 0 Å². The monoisotopic (exact) mass is 268 g/mol. The van der Waals surface area contributed by atoms with E-state index < -0.39 is 0 Å². The van der Waals surface area contributed by atoms with E-state index in [2.05, 4.69) is 33.0 Å². The molecule has 1 aliphatic rings. The van der Waals surface area contributed by atoms with Gasteiger partial charge in [0.05, 0.1) is 17.8 Å². The van der Waals surface area contributed by atoms with Crippen LogP contribution in [0.5, 0.6) is 0 Å². The fraction of sp³-hybridized carbons (Fsp3) is 0.786. The summed E-state index contributed by atoms with van der Waals surface area (Å²) in [5.74, 6) is 0.474. The van der Waals surface area contributed by atoms with E-state index in [1.807, 2.05) is 11.3 Å². The molecular formula is C14H24N2OS. The van der Waals surface area contributed by atoms with E-state index in [4.69, 9.17) is 9.72 Å². The second kappa shape index (κ2) is 5.68. The number of hydrogen-bond donors (Lipinski definition) is 1. The normalized spacial score (nSPS) is 28.6. The van der Waals surface area contributed by atoms with Gasteiger partial charge < -0.3 is 10.1 Å². The minimum atomic E-state index is 0.0237. The molecule has 1 aromatic rings. The first kappa shape index (κ1) is 14.0. The number of nitrogens with zero attached hydrogens (tertiary/aromatic N) is 1. The van der Waals surface area contributed by atoms with E-state index in [9.17, 15) is 0 Å². The highest BCUT2D eigenvalue weighted by molar-refractivity contribution is 7.11. The summed E-state index contributed by atoms with van der Waals surface area (Å²) >= 11 is 1.86. The lowest BCUT2D eigenvalue weighted by atomic mass is 9.81. The van der Waals surface area contributed by atoms with Crippen LogP contribution in [0.3, 0.4) is 0 Å². The summed E-state index contributed by atoms with van der Waals surface area (Å²) in [4.78, 5) is 6.26. The molecule has 0 radical (unpaired) electrons. The van der Waals surface area contributed by atoms with Crippen LogP contribution in [0.4, 0.5) is 0 Å². The first-order valence-electron chi connectivity index (χ1n) is 6.93. The first-order chi connectivity index (χ1) is 8.64. The zero-order valence-corrected chi connectivity index (χ0v) is 12.7. The molecule has 2 atom stereocenters. The molecule has 2 unspecified atom stereocenters. The summed E-state index contributed by atoms with van der Waals surface area (Å²) in [6.07, 6.45) is 2.05. The Balaban J connectivity index is 2.38. The molecule has 1 aromatic heterocycles. The Morgan fingerprint density at radius 2 is 2.28 bits per heavy atom. The summed E-state index contributed by atoms with van der Waals surface area (Å²) in [5.41, 5.74) is 1.28. The molecule has 1 saturated heterocycles. The molecule has 4 heteroatoms. The smallest absolute Gasteiger partial charge is 0.114 e. The highest BCUT2D eigenvalue weighted by Gasteiger charge is 2.42. The summed E-state index contributed by atoms with van der Waals surface area (Å²) in [6, 6.07) is 0. The van der Waals surface area contributed by atoms with Gasteiger partial charge in [0.15, 0.2) is 0 Å². The van der Waals surface area contributed by atoms with E-state index in [1.165, 1.54) is 15.6 Å². The number of aryl methyl sites for hydroxylation is 2. The molecule has 2 heterocycles. The van der Waals surface area contributed by atoms with Gasteiger partial charge in [-0.05, 0) is 26.3 Å². The van der Waals surface area contributed by atoms with Gasteiger partial charge in [-0.2, -0.15) is 0 Å². The maximum atomic E-state index is 5.61. The summed E-state index contributed by atoms with van der Waals surface area (Å²) in [6.45, 7) is 11.4. The van der Waals surface area contributed by atoms with Gasteiger partial charge in [-0.15, -0.1) is 11.3 Å². The van der Waals surface area contributed by atoms with Crippen LogP contribution in [0, 0.1) is 12.8 Å². The van der Waals surface area contributed by atoms with Crippen molar-refractivity contribution in [3.05, 3.63) is 15.6 Å². The molecular weight excluding hydrogens is 244 g/mol. The van der Waals surface area contributed by atoms with Crippen LogP contribution >= 0.6 is 11.3 Å². The van der Waals surface area contributed by atoms with E-state index in [0.29, 0.717) is 5.92 Å². The number of rotatable bonds is 4. The predicted molar refractivity (Wildman–Crippen MR) is 76.2 cm³/mol. The van der Waals surface area contributed by atoms with Gasteiger partial charge in [0.25, 0.3) is 0 Å². The predicted octanol–water partition coefficient (Wildman–Crippen LogP) is 2.88. The lowest BCUT2D eigenvalue weighted by molar-refractivity contribution is -0.00851. The molecule has 0 aromatic carbocycles. The number of hydrogen-bond acceptors (Lipinski definition) is 4. The minimum absolute atomic E-state index is 0.0237. The molecule has 18 heavy (non-hydrogen) atoms. The lowest BCUT2D eigenvalue weighted by Crippen LogP contribution is -2.52. The Hall–Kier alpha value is -0.450. The third-order valence-corrected chi connectivity index (χ3v) is 5.14. The van der Waals surface area contributed by atoms with Crippen molar-refractivity contribution in [2.75, 3.05) is 19.8 Å². The first-order valence-corrected chi connectivity index (χ1v) is 7.75. The third-order valence-electron chi connectivity index (χ3n) is 3.95. The van der Waals surface area contributed by atoms with Crippen molar-refractivity contribution in [1.82, 2.24) is 10.3 Å². The van der Waals surface area contributed by atoms with E-state index >= 15 is 0 Å². The Morgan fingerprint density at radius 3 is 2.83 bits per heavy atom. The summed E-state index contributed by atoms with van der Waals surface area (Å²) in [7, 11) is 0. The van der Waals surface area contributed by atoms with Crippen LogP contribution in [-0.4, -0.2) is 24.7 Å². The van der Waals surface area contributed by atoms with E-state index in [1.54, 1.807) is 0 Å². The third kappa shape index (κ3) is 2.33. The van der Waals surface area contributed by atoms with Crippen LogP contribution in [0.2, 0.25) is 0 Å². The molecule has 0 amide bonds. The highest BCUT2D eigenvalue weighted by atomic mass is 32.1. The number of nitrogens with one attached hydrogen (secondary N) is 1. The zero-order valence-electron chi connectivity index (χ0n) is 11.9. The van der Waals surface area contributed by atoms with Crippen LogP contribution in [0.1, 0.15) is 42.8 Å². The molecule has 102 valence electrons. The van der Waals surface area contributed by atoms with Crippen molar-refractivity contribution < 1.29 is 4.74 Å². The number of aromatic nitrogens is 1. The van der Waals surface area contributed by atoms with Crippen LogP contribution < -0.4 is 5.32 Å². The molecule has 0 aliphatic carbocycles. The van der Waals surface area contributed by atoms with Gasteiger partial charge in [0.2, 0.25) is 0 Å². The number of ether oxygens (including phenoxy) is 1. The van der Waals surface area contributed by atoms with Crippen molar-refractivity contribution in [2.45, 2.75) is 46.1 Å². The van der Waals surface area contributed by atoms with Crippen LogP contribution in [0.25, 0.3) is 0 Å². The quantitative estimate of drug-likeness (QED) is 0.912. The molecule has 1 fully saturated rings. The van der Waals surface area contributed by atoms with Crippen molar-refractivity contribution in [3.8, 4) is 0 Å². The maximum Gasteiger partial charge on any atom is 0.114 e. The largest absolute Gasteiger partial charge is 0.381 e. The zero-order chi connectivity index (χ0) is 13.2. The summed E-state index contributed by atoms with van der Waals surface area (Å²) in [5, 5.41) is 4.96. The topological polar surface area (TPSA) is 34.2 Å². The minimum Gasteiger partial charge on any atom is -0.381 e. The fourth-order valence-electron chi connectivity index (χ4n) is 2.80. The molecule has 3 nitrogen and oxygen atoms in total. The molecule has 1 aliphatic heterocycles. The van der Waals surface area contributed by atoms with Crippen LogP contribution in [-0.2, 0) is 16.7 Å². The number of thiazole rings is 1.